The maximum atomic E-state index is 12.7. The average Bonchev–Trinajstić information content (AvgIpc) is 2.99. The Morgan fingerprint density at radius 3 is 2.64 bits per heavy atom. The largest absolute Gasteiger partial charge is 0.393 e. The minimum atomic E-state index is -0.297. The van der Waals surface area contributed by atoms with Crippen LogP contribution in [0.25, 0.3) is 22.6 Å². The van der Waals surface area contributed by atoms with Gasteiger partial charge in [-0.3, -0.25) is 4.79 Å². The summed E-state index contributed by atoms with van der Waals surface area (Å²) in [5.41, 5.74) is 3.02. The van der Waals surface area contributed by atoms with E-state index >= 15 is 0 Å². The molecule has 6 nitrogen and oxygen atoms in total. The molecule has 0 unspecified atom stereocenters. The molecule has 0 saturated carbocycles. The molecule has 6 heteroatoms. The van der Waals surface area contributed by atoms with Gasteiger partial charge >= 0.3 is 0 Å². The summed E-state index contributed by atoms with van der Waals surface area (Å²) in [4.78, 5) is 23.6. The number of rotatable bonds is 2. The van der Waals surface area contributed by atoms with Crippen LogP contribution >= 0.6 is 0 Å². The Balaban J connectivity index is 1.68. The molecule has 0 atom stereocenters. The van der Waals surface area contributed by atoms with Crippen molar-refractivity contribution in [2.45, 2.75) is 18.9 Å². The lowest BCUT2D eigenvalue weighted by Gasteiger charge is -2.29. The minimum Gasteiger partial charge on any atom is -0.393 e. The normalized spacial score (nSPS) is 15.7. The molecule has 0 bridgehead atoms. The molecule has 1 aromatic carbocycles. The van der Waals surface area contributed by atoms with E-state index in [0.717, 1.165) is 17.0 Å². The van der Waals surface area contributed by atoms with Gasteiger partial charge in [-0.15, -0.1) is 0 Å². The van der Waals surface area contributed by atoms with E-state index in [1.165, 1.54) is 0 Å². The fraction of sp³-hybridized carbons (Fsp3) is 0.316. The molecule has 1 N–H and O–H groups in total. The first-order valence-corrected chi connectivity index (χ1v) is 8.49. The fourth-order valence-electron chi connectivity index (χ4n) is 3.29. The summed E-state index contributed by atoms with van der Waals surface area (Å²) in [7, 11) is 1.93. The number of aromatic nitrogens is 3. The Morgan fingerprint density at radius 1 is 1.20 bits per heavy atom. The zero-order valence-corrected chi connectivity index (χ0v) is 14.1. The summed E-state index contributed by atoms with van der Waals surface area (Å²) in [6.07, 6.45) is 2.58. The van der Waals surface area contributed by atoms with E-state index in [0.29, 0.717) is 37.0 Å². The standard InChI is InChI=1S/C19H20N4O2/c1-22-17(13-5-3-2-4-6-13)21-16-11-14(12-20-18(16)22)19(25)23-9-7-15(24)8-10-23/h2-6,11-12,15,24H,7-10H2,1H3. The van der Waals surface area contributed by atoms with Crippen LogP contribution in [-0.4, -0.2) is 49.6 Å². The molecule has 128 valence electrons. The van der Waals surface area contributed by atoms with Crippen LogP contribution in [0, 0.1) is 0 Å². The summed E-state index contributed by atoms with van der Waals surface area (Å²) >= 11 is 0. The predicted molar refractivity (Wildman–Crippen MR) is 95.1 cm³/mol. The SMILES string of the molecule is Cn1c(-c2ccccc2)nc2cc(C(=O)N3CCC(O)CC3)cnc21. The maximum absolute atomic E-state index is 12.7. The predicted octanol–water partition coefficient (Wildman–Crippen LogP) is 2.23. The minimum absolute atomic E-state index is 0.0479. The molecule has 2 aromatic heterocycles. The molecule has 3 heterocycles. The van der Waals surface area contributed by atoms with Gasteiger partial charge in [0.1, 0.15) is 11.3 Å². The van der Waals surface area contributed by atoms with Crippen LogP contribution in [-0.2, 0) is 7.05 Å². The number of hydrogen-bond acceptors (Lipinski definition) is 4. The molecule has 3 aromatic rings. The lowest BCUT2D eigenvalue weighted by atomic mass is 10.1. The zero-order chi connectivity index (χ0) is 17.4. The van der Waals surface area contributed by atoms with Crippen molar-refractivity contribution < 1.29 is 9.90 Å². The van der Waals surface area contributed by atoms with Gasteiger partial charge in [0.2, 0.25) is 0 Å². The molecule has 1 fully saturated rings. The van der Waals surface area contributed by atoms with Crippen molar-refractivity contribution >= 4 is 17.1 Å². The van der Waals surface area contributed by atoms with Gasteiger partial charge in [0.05, 0.1) is 11.7 Å². The first kappa shape index (κ1) is 15.8. The number of carbonyl (C=O) groups is 1. The average molecular weight is 336 g/mol. The summed E-state index contributed by atoms with van der Waals surface area (Å²) < 4.78 is 1.94. The van der Waals surface area contributed by atoms with Crippen molar-refractivity contribution in [3.8, 4) is 11.4 Å². The van der Waals surface area contributed by atoms with Crippen molar-refractivity contribution in [1.29, 1.82) is 0 Å². The molecular formula is C19H20N4O2. The van der Waals surface area contributed by atoms with E-state index in [4.69, 9.17) is 0 Å². The second kappa shape index (κ2) is 6.29. The van der Waals surface area contributed by atoms with E-state index in [1.807, 2.05) is 48.0 Å². The Labute approximate surface area is 145 Å². The highest BCUT2D eigenvalue weighted by Crippen LogP contribution is 2.23. The molecular weight excluding hydrogens is 316 g/mol. The van der Waals surface area contributed by atoms with E-state index in [1.54, 1.807) is 11.1 Å². The number of fused-ring (bicyclic) bond motifs is 1. The highest BCUT2D eigenvalue weighted by atomic mass is 16.3. The maximum Gasteiger partial charge on any atom is 0.255 e. The second-order valence-electron chi connectivity index (χ2n) is 6.45. The highest BCUT2D eigenvalue weighted by Gasteiger charge is 2.23. The van der Waals surface area contributed by atoms with Gasteiger partial charge in [-0.1, -0.05) is 30.3 Å². The lowest BCUT2D eigenvalue weighted by molar-refractivity contribution is 0.0546. The molecule has 0 radical (unpaired) electrons. The van der Waals surface area contributed by atoms with E-state index in [-0.39, 0.29) is 12.0 Å². The quantitative estimate of drug-likeness (QED) is 0.779. The number of imidazole rings is 1. The number of aliphatic hydroxyl groups is 1. The zero-order valence-electron chi connectivity index (χ0n) is 14.1. The van der Waals surface area contributed by atoms with Crippen LogP contribution in [0.15, 0.2) is 42.6 Å². The topological polar surface area (TPSA) is 71.2 Å². The smallest absolute Gasteiger partial charge is 0.255 e. The number of amides is 1. The van der Waals surface area contributed by atoms with Crippen LogP contribution in [0.4, 0.5) is 0 Å². The number of hydrogen-bond donors (Lipinski definition) is 1. The van der Waals surface area contributed by atoms with Crippen LogP contribution < -0.4 is 0 Å². The number of piperidine rings is 1. The number of nitrogens with zero attached hydrogens (tertiary/aromatic N) is 4. The van der Waals surface area contributed by atoms with Crippen molar-refractivity contribution in [2.24, 2.45) is 7.05 Å². The number of pyridine rings is 1. The third kappa shape index (κ3) is 2.89. The van der Waals surface area contributed by atoms with Crippen LogP contribution in [0.5, 0.6) is 0 Å². The van der Waals surface area contributed by atoms with Crippen molar-refractivity contribution in [2.75, 3.05) is 13.1 Å². The monoisotopic (exact) mass is 336 g/mol. The summed E-state index contributed by atoms with van der Waals surface area (Å²) in [6.45, 7) is 1.16. The summed E-state index contributed by atoms with van der Waals surface area (Å²) in [6, 6.07) is 11.7. The van der Waals surface area contributed by atoms with Crippen LogP contribution in [0.2, 0.25) is 0 Å². The highest BCUT2D eigenvalue weighted by molar-refractivity contribution is 5.96. The Morgan fingerprint density at radius 2 is 1.92 bits per heavy atom. The molecule has 1 amide bonds. The molecule has 0 aliphatic carbocycles. The Bertz CT molecular complexity index is 912. The second-order valence-corrected chi connectivity index (χ2v) is 6.45. The third-order valence-corrected chi connectivity index (χ3v) is 4.74. The van der Waals surface area contributed by atoms with Crippen molar-refractivity contribution in [3.63, 3.8) is 0 Å². The summed E-state index contributed by atoms with van der Waals surface area (Å²) in [5, 5.41) is 9.60. The molecule has 1 aliphatic heterocycles. The third-order valence-electron chi connectivity index (χ3n) is 4.74. The van der Waals surface area contributed by atoms with Crippen molar-refractivity contribution in [3.05, 3.63) is 48.2 Å². The Kier molecular flexibility index (Phi) is 3.97. The van der Waals surface area contributed by atoms with E-state index in [9.17, 15) is 9.90 Å². The van der Waals surface area contributed by atoms with Gasteiger partial charge < -0.3 is 14.6 Å². The Hall–Kier alpha value is -2.73. The molecule has 1 saturated heterocycles. The molecule has 4 rings (SSSR count). The number of aryl methyl sites for hydroxylation is 1. The number of aliphatic hydroxyl groups excluding tert-OH is 1. The van der Waals surface area contributed by atoms with Crippen molar-refractivity contribution in [1.82, 2.24) is 19.4 Å². The van der Waals surface area contributed by atoms with E-state index in [2.05, 4.69) is 9.97 Å². The van der Waals surface area contributed by atoms with Gasteiger partial charge in [-0.05, 0) is 18.9 Å². The lowest BCUT2D eigenvalue weighted by Crippen LogP contribution is -2.40. The van der Waals surface area contributed by atoms with Gasteiger partial charge in [-0.2, -0.15) is 0 Å². The molecule has 25 heavy (non-hydrogen) atoms. The van der Waals surface area contributed by atoms with Crippen LogP contribution in [0.1, 0.15) is 23.2 Å². The van der Waals surface area contributed by atoms with Crippen LogP contribution in [0.3, 0.4) is 0 Å². The number of carbonyl (C=O) groups excluding carboxylic acids is 1. The number of likely N-dealkylation sites (tertiary alicyclic amines) is 1. The first-order valence-electron chi connectivity index (χ1n) is 8.49. The summed E-state index contributed by atoms with van der Waals surface area (Å²) in [5.74, 6) is 0.780. The van der Waals surface area contributed by atoms with E-state index < -0.39 is 0 Å². The first-order chi connectivity index (χ1) is 12.1. The number of benzene rings is 1. The molecule has 0 spiro atoms. The molecule has 1 aliphatic rings. The van der Waals surface area contributed by atoms with Gasteiger partial charge in [0.25, 0.3) is 5.91 Å². The van der Waals surface area contributed by atoms with Gasteiger partial charge in [0.15, 0.2) is 5.65 Å². The fourth-order valence-corrected chi connectivity index (χ4v) is 3.29. The van der Waals surface area contributed by atoms with Gasteiger partial charge in [-0.25, -0.2) is 9.97 Å². The van der Waals surface area contributed by atoms with Gasteiger partial charge in [0, 0.05) is 31.9 Å².